The van der Waals surface area contributed by atoms with Crippen LogP contribution in [0, 0.1) is 0 Å². The summed E-state index contributed by atoms with van der Waals surface area (Å²) in [6.07, 6.45) is 0.501. The quantitative estimate of drug-likeness (QED) is 0.465. The molecule has 1 heterocycles. The molecular weight excluding hydrogens is 439 g/mol. The van der Waals surface area contributed by atoms with E-state index in [1.54, 1.807) is 0 Å². The molecule has 0 N–H and O–H groups in total. The van der Waals surface area contributed by atoms with Crippen molar-refractivity contribution >= 4 is 32.6 Å². The molecule has 1 saturated heterocycles. The first kappa shape index (κ1) is 19.0. The molecule has 0 aromatic heterocycles. The van der Waals surface area contributed by atoms with Gasteiger partial charge in [-0.15, -0.1) is 0 Å². The summed E-state index contributed by atoms with van der Waals surface area (Å²) in [5.41, 5.74) is 1.06. The molecule has 1 aromatic rings. The maximum absolute atomic E-state index is 14.3. The van der Waals surface area contributed by atoms with Gasteiger partial charge in [-0.1, -0.05) is 52.9 Å². The van der Waals surface area contributed by atoms with Crippen LogP contribution in [0.2, 0.25) is 0 Å². The first-order valence-electron chi connectivity index (χ1n) is 7.46. The standard InChI is InChI=1S/C15H20F2INO3S/c16-15(17,23(20,21)19-8-10-22-11-9-19)12-14(18)7-6-13-4-2-1-3-5-13/h1-5,14H,6-12H2. The zero-order valence-corrected chi connectivity index (χ0v) is 15.6. The van der Waals surface area contributed by atoms with E-state index in [0.29, 0.717) is 12.8 Å². The Morgan fingerprint density at radius 3 is 2.43 bits per heavy atom. The summed E-state index contributed by atoms with van der Waals surface area (Å²) in [5.74, 6) is 0. The number of rotatable bonds is 7. The highest BCUT2D eigenvalue weighted by atomic mass is 127. The van der Waals surface area contributed by atoms with Gasteiger partial charge in [0.2, 0.25) is 0 Å². The number of sulfonamides is 1. The van der Waals surface area contributed by atoms with Crippen molar-refractivity contribution in [3.63, 3.8) is 0 Å². The number of halogens is 3. The minimum Gasteiger partial charge on any atom is -0.379 e. The van der Waals surface area contributed by atoms with E-state index < -0.39 is 25.6 Å². The van der Waals surface area contributed by atoms with Gasteiger partial charge in [0, 0.05) is 23.4 Å². The summed E-state index contributed by atoms with van der Waals surface area (Å²) >= 11 is 1.92. The van der Waals surface area contributed by atoms with Crippen molar-refractivity contribution in [2.45, 2.75) is 28.4 Å². The molecule has 0 aliphatic carbocycles. The fraction of sp³-hybridized carbons (Fsp3) is 0.600. The number of alkyl halides is 3. The molecule has 1 aliphatic heterocycles. The number of aryl methyl sites for hydroxylation is 1. The van der Waals surface area contributed by atoms with E-state index in [1.807, 2.05) is 52.9 Å². The molecule has 0 saturated carbocycles. The highest BCUT2D eigenvalue weighted by Crippen LogP contribution is 2.34. The van der Waals surface area contributed by atoms with Crippen LogP contribution in [0.5, 0.6) is 0 Å². The molecule has 4 nitrogen and oxygen atoms in total. The summed E-state index contributed by atoms with van der Waals surface area (Å²) in [4.78, 5) is 0. The van der Waals surface area contributed by atoms with Gasteiger partial charge in [-0.2, -0.15) is 13.1 Å². The highest BCUT2D eigenvalue weighted by molar-refractivity contribution is 14.1. The molecule has 1 aliphatic rings. The number of morpholine rings is 1. The predicted molar refractivity (Wildman–Crippen MR) is 93.4 cm³/mol. The van der Waals surface area contributed by atoms with Gasteiger partial charge in [-0.25, -0.2) is 8.42 Å². The zero-order valence-electron chi connectivity index (χ0n) is 12.6. The Morgan fingerprint density at radius 2 is 1.83 bits per heavy atom. The lowest BCUT2D eigenvalue weighted by atomic mass is 10.1. The monoisotopic (exact) mass is 459 g/mol. The summed E-state index contributed by atoms with van der Waals surface area (Å²) in [6, 6.07) is 9.57. The highest BCUT2D eigenvalue weighted by Gasteiger charge is 2.49. The van der Waals surface area contributed by atoms with Crippen LogP contribution in [0.4, 0.5) is 8.78 Å². The Balaban J connectivity index is 1.93. The first-order chi connectivity index (χ1) is 10.8. The van der Waals surface area contributed by atoms with Crippen molar-refractivity contribution in [3.05, 3.63) is 35.9 Å². The Kier molecular flexibility index (Phi) is 6.76. The van der Waals surface area contributed by atoms with Gasteiger partial charge in [0.05, 0.1) is 13.2 Å². The van der Waals surface area contributed by atoms with Gasteiger partial charge in [0.1, 0.15) is 0 Å². The summed E-state index contributed by atoms with van der Waals surface area (Å²) in [5, 5.41) is -3.74. The average Bonchev–Trinajstić information content (AvgIpc) is 2.54. The van der Waals surface area contributed by atoms with E-state index in [9.17, 15) is 17.2 Å². The lowest BCUT2D eigenvalue weighted by Gasteiger charge is -2.30. The van der Waals surface area contributed by atoms with Crippen LogP contribution in [0.25, 0.3) is 0 Å². The van der Waals surface area contributed by atoms with E-state index in [4.69, 9.17) is 4.74 Å². The van der Waals surface area contributed by atoms with Crippen molar-refractivity contribution in [3.8, 4) is 0 Å². The predicted octanol–water partition coefficient (Wildman–Crippen LogP) is 3.07. The smallest absolute Gasteiger partial charge is 0.360 e. The maximum atomic E-state index is 14.3. The number of hydrogen-bond acceptors (Lipinski definition) is 3. The molecule has 1 unspecified atom stereocenters. The Labute approximate surface area is 149 Å². The largest absolute Gasteiger partial charge is 0.379 e. The molecule has 0 radical (unpaired) electrons. The third-order valence-electron chi connectivity index (χ3n) is 3.74. The molecule has 1 fully saturated rings. The van der Waals surface area contributed by atoms with Crippen molar-refractivity contribution in [2.24, 2.45) is 0 Å². The number of hydrogen-bond donors (Lipinski definition) is 0. The van der Waals surface area contributed by atoms with Gasteiger partial charge in [0.15, 0.2) is 0 Å². The zero-order chi connectivity index (χ0) is 16.9. The number of nitrogens with zero attached hydrogens (tertiary/aromatic N) is 1. The molecule has 130 valence electrons. The molecule has 1 atom stereocenters. The van der Waals surface area contributed by atoms with Gasteiger partial charge >= 0.3 is 5.25 Å². The molecule has 1 aromatic carbocycles. The Morgan fingerprint density at radius 1 is 1.22 bits per heavy atom. The van der Waals surface area contributed by atoms with Gasteiger partial charge in [-0.3, -0.25) is 0 Å². The van der Waals surface area contributed by atoms with Crippen LogP contribution in [0.1, 0.15) is 18.4 Å². The normalized spacial score (nSPS) is 18.7. The van der Waals surface area contributed by atoms with Crippen LogP contribution >= 0.6 is 22.6 Å². The second kappa shape index (κ2) is 8.17. The fourth-order valence-electron chi connectivity index (χ4n) is 2.41. The third-order valence-corrected chi connectivity index (χ3v) is 6.77. The minimum absolute atomic E-state index is 0.00610. The van der Waals surface area contributed by atoms with Crippen LogP contribution in [-0.2, 0) is 21.2 Å². The van der Waals surface area contributed by atoms with Crippen molar-refractivity contribution in [1.29, 1.82) is 0 Å². The third kappa shape index (κ3) is 5.07. The molecule has 0 bridgehead atoms. The Hall–Kier alpha value is -0.320. The SMILES string of the molecule is O=S(=O)(N1CCOCC1)C(F)(F)CC(I)CCc1ccccc1. The molecule has 0 amide bonds. The summed E-state index contributed by atoms with van der Waals surface area (Å²) in [7, 11) is -4.62. The molecule has 23 heavy (non-hydrogen) atoms. The van der Waals surface area contributed by atoms with Crippen molar-refractivity contribution in [1.82, 2.24) is 4.31 Å². The molecule has 8 heteroatoms. The van der Waals surface area contributed by atoms with Crippen molar-refractivity contribution in [2.75, 3.05) is 26.3 Å². The first-order valence-corrected chi connectivity index (χ1v) is 10.1. The maximum Gasteiger partial charge on any atom is 0.360 e. The second-order valence-electron chi connectivity index (χ2n) is 5.48. The molecular formula is C15H20F2INO3S. The van der Waals surface area contributed by atoms with Crippen LogP contribution in [0.15, 0.2) is 30.3 Å². The fourth-order valence-corrected chi connectivity index (χ4v) is 4.99. The van der Waals surface area contributed by atoms with Crippen LogP contribution in [0.3, 0.4) is 0 Å². The van der Waals surface area contributed by atoms with E-state index in [0.717, 1.165) is 9.87 Å². The Bertz CT molecular complexity index is 592. The van der Waals surface area contributed by atoms with Gasteiger partial charge in [0.25, 0.3) is 10.0 Å². The van der Waals surface area contributed by atoms with Crippen LogP contribution < -0.4 is 0 Å². The van der Waals surface area contributed by atoms with Gasteiger partial charge in [-0.05, 0) is 18.4 Å². The van der Waals surface area contributed by atoms with E-state index in [2.05, 4.69) is 0 Å². The summed E-state index contributed by atoms with van der Waals surface area (Å²) < 4.78 is 58.3. The number of benzene rings is 1. The van der Waals surface area contributed by atoms with Crippen molar-refractivity contribution < 1.29 is 21.9 Å². The van der Waals surface area contributed by atoms with E-state index in [-0.39, 0.29) is 26.3 Å². The second-order valence-corrected chi connectivity index (χ2v) is 9.30. The molecule has 0 spiro atoms. The van der Waals surface area contributed by atoms with E-state index in [1.165, 1.54) is 0 Å². The number of ether oxygens (including phenoxy) is 1. The lowest BCUT2D eigenvalue weighted by Crippen LogP contribution is -2.48. The molecule has 2 rings (SSSR count). The minimum atomic E-state index is -4.62. The van der Waals surface area contributed by atoms with Crippen LogP contribution in [-0.4, -0.2) is 48.2 Å². The lowest BCUT2D eigenvalue weighted by molar-refractivity contribution is 0.0476. The van der Waals surface area contributed by atoms with Gasteiger partial charge < -0.3 is 4.74 Å². The summed E-state index contributed by atoms with van der Waals surface area (Å²) in [6.45, 7) is 0.315. The topological polar surface area (TPSA) is 46.6 Å². The van der Waals surface area contributed by atoms with E-state index >= 15 is 0 Å². The average molecular weight is 459 g/mol.